The Labute approximate surface area is 137 Å². The zero-order chi connectivity index (χ0) is 15.5. The topological polar surface area (TPSA) is 12.0 Å². The van der Waals surface area contributed by atoms with Gasteiger partial charge >= 0.3 is 0 Å². The fourth-order valence-electron chi connectivity index (χ4n) is 2.30. The van der Waals surface area contributed by atoms with Gasteiger partial charge in [0.15, 0.2) is 0 Å². The third-order valence-corrected chi connectivity index (χ3v) is 4.59. The Kier molecular flexibility index (Phi) is 5.32. The lowest BCUT2D eigenvalue weighted by atomic mass is 9.84. The molecule has 1 atom stereocenters. The summed E-state index contributed by atoms with van der Waals surface area (Å²) < 4.78 is 0. The Balaban J connectivity index is 2.03. The molecule has 112 valence electrons. The van der Waals surface area contributed by atoms with Crippen LogP contribution in [0.5, 0.6) is 0 Å². The predicted octanol–water partition coefficient (Wildman–Crippen LogP) is 5.62. The summed E-state index contributed by atoms with van der Waals surface area (Å²) in [6.07, 6.45) is 0. The van der Waals surface area contributed by atoms with E-state index >= 15 is 0 Å². The number of nitrogens with one attached hydrogen (secondary N) is 1. The summed E-state index contributed by atoms with van der Waals surface area (Å²) in [5.41, 5.74) is 2.55. The summed E-state index contributed by atoms with van der Waals surface area (Å²) in [4.78, 5) is 0. The van der Waals surface area contributed by atoms with Crippen molar-refractivity contribution in [2.45, 2.75) is 32.2 Å². The van der Waals surface area contributed by atoms with Gasteiger partial charge in [0, 0.05) is 18.0 Å². The van der Waals surface area contributed by atoms with Crippen LogP contribution in [-0.2, 0) is 5.41 Å². The average molecular weight is 322 g/mol. The Morgan fingerprint density at radius 3 is 2.29 bits per heavy atom. The van der Waals surface area contributed by atoms with Crippen molar-refractivity contribution in [3.8, 4) is 0 Å². The fraction of sp³-hybridized carbons (Fsp3) is 0.333. The lowest BCUT2D eigenvalue weighted by Crippen LogP contribution is -2.34. The van der Waals surface area contributed by atoms with Gasteiger partial charge < -0.3 is 5.32 Å². The molecule has 0 fully saturated rings. The third kappa shape index (κ3) is 4.23. The number of halogens is 2. The molecule has 0 saturated heterocycles. The molecule has 2 aromatic carbocycles. The second-order valence-corrected chi connectivity index (χ2v) is 6.84. The van der Waals surface area contributed by atoms with Gasteiger partial charge in [0.05, 0.1) is 10.0 Å². The normalized spacial score (nSPS) is 13.2. The predicted molar refractivity (Wildman–Crippen MR) is 92.3 cm³/mol. The van der Waals surface area contributed by atoms with E-state index in [1.165, 1.54) is 5.56 Å². The van der Waals surface area contributed by atoms with E-state index in [2.05, 4.69) is 50.4 Å². The molecule has 0 aliphatic carbocycles. The van der Waals surface area contributed by atoms with E-state index in [0.29, 0.717) is 10.0 Å². The van der Waals surface area contributed by atoms with Gasteiger partial charge in [-0.15, -0.1) is 0 Å². The molecule has 0 radical (unpaired) electrons. The maximum absolute atomic E-state index is 6.08. The first-order chi connectivity index (χ1) is 9.90. The van der Waals surface area contributed by atoms with Crippen molar-refractivity contribution in [3.63, 3.8) is 0 Å². The van der Waals surface area contributed by atoms with Crippen LogP contribution in [0, 0.1) is 0 Å². The smallest absolute Gasteiger partial charge is 0.0595 e. The third-order valence-electron chi connectivity index (χ3n) is 3.85. The molecule has 2 aromatic rings. The molecule has 1 unspecified atom stereocenters. The molecule has 0 spiro atoms. The van der Waals surface area contributed by atoms with Crippen molar-refractivity contribution in [2.75, 3.05) is 6.54 Å². The van der Waals surface area contributed by atoms with Gasteiger partial charge in [-0.2, -0.15) is 0 Å². The Hall–Kier alpha value is -1.02. The summed E-state index contributed by atoms with van der Waals surface area (Å²) in [6.45, 7) is 7.52. The molecule has 1 N–H and O–H groups in total. The molecule has 0 aromatic heterocycles. The van der Waals surface area contributed by atoms with Gasteiger partial charge in [-0.05, 0) is 30.2 Å². The Morgan fingerprint density at radius 1 is 1.00 bits per heavy atom. The van der Waals surface area contributed by atoms with Crippen LogP contribution in [-0.4, -0.2) is 6.54 Å². The monoisotopic (exact) mass is 321 g/mol. The molecule has 0 aliphatic heterocycles. The molecule has 21 heavy (non-hydrogen) atoms. The van der Waals surface area contributed by atoms with Gasteiger partial charge in [-0.1, -0.05) is 73.4 Å². The van der Waals surface area contributed by atoms with Gasteiger partial charge in [0.2, 0.25) is 0 Å². The van der Waals surface area contributed by atoms with E-state index in [1.54, 1.807) is 0 Å². The second kappa shape index (κ2) is 6.83. The first-order valence-electron chi connectivity index (χ1n) is 7.14. The van der Waals surface area contributed by atoms with E-state index in [4.69, 9.17) is 23.2 Å². The first kappa shape index (κ1) is 16.4. The number of rotatable bonds is 5. The summed E-state index contributed by atoms with van der Waals surface area (Å²) in [5, 5.41) is 4.78. The van der Waals surface area contributed by atoms with E-state index in [0.717, 1.165) is 12.1 Å². The molecular formula is C18H21Cl2N. The maximum Gasteiger partial charge on any atom is 0.0595 e. The molecule has 0 saturated carbocycles. The van der Waals surface area contributed by atoms with Gasteiger partial charge in [-0.25, -0.2) is 0 Å². The van der Waals surface area contributed by atoms with Gasteiger partial charge in [0.25, 0.3) is 0 Å². The summed E-state index contributed by atoms with van der Waals surface area (Å²) in [6, 6.07) is 16.6. The number of hydrogen-bond donors (Lipinski definition) is 1. The lowest BCUT2D eigenvalue weighted by Gasteiger charge is -2.28. The van der Waals surface area contributed by atoms with Crippen molar-refractivity contribution in [1.29, 1.82) is 0 Å². The van der Waals surface area contributed by atoms with Crippen molar-refractivity contribution in [2.24, 2.45) is 0 Å². The van der Waals surface area contributed by atoms with Crippen LogP contribution in [0.3, 0.4) is 0 Å². The highest BCUT2D eigenvalue weighted by molar-refractivity contribution is 6.42. The zero-order valence-electron chi connectivity index (χ0n) is 12.7. The van der Waals surface area contributed by atoms with E-state index in [1.807, 2.05) is 24.3 Å². The minimum atomic E-state index is 0.0751. The maximum atomic E-state index is 6.08. The Morgan fingerprint density at radius 2 is 1.67 bits per heavy atom. The van der Waals surface area contributed by atoms with Crippen LogP contribution in [0.25, 0.3) is 0 Å². The summed E-state index contributed by atoms with van der Waals surface area (Å²) in [5.74, 6) is 0. The molecule has 3 heteroatoms. The van der Waals surface area contributed by atoms with Crippen LogP contribution in [0.15, 0.2) is 48.5 Å². The standard InChI is InChI=1S/C18H21Cl2N/c1-13(14-9-10-16(19)17(20)11-14)21-12-18(2,3)15-7-5-4-6-8-15/h4-11,13,21H,12H2,1-3H3. The SMILES string of the molecule is CC(NCC(C)(C)c1ccccc1)c1ccc(Cl)c(Cl)c1. The van der Waals surface area contributed by atoms with E-state index in [-0.39, 0.29) is 11.5 Å². The van der Waals surface area contributed by atoms with Crippen LogP contribution in [0.1, 0.15) is 37.9 Å². The summed E-state index contributed by atoms with van der Waals surface area (Å²) >= 11 is 12.0. The van der Waals surface area contributed by atoms with Gasteiger partial charge in [0.1, 0.15) is 0 Å². The molecular weight excluding hydrogens is 301 g/mol. The lowest BCUT2D eigenvalue weighted by molar-refractivity contribution is 0.435. The molecule has 0 heterocycles. The van der Waals surface area contributed by atoms with E-state index < -0.39 is 0 Å². The zero-order valence-corrected chi connectivity index (χ0v) is 14.2. The van der Waals surface area contributed by atoms with Crippen molar-refractivity contribution in [3.05, 3.63) is 69.7 Å². The quantitative estimate of drug-likeness (QED) is 0.753. The largest absolute Gasteiger partial charge is 0.309 e. The van der Waals surface area contributed by atoms with Crippen LogP contribution in [0.4, 0.5) is 0 Å². The number of hydrogen-bond acceptors (Lipinski definition) is 1. The van der Waals surface area contributed by atoms with Crippen molar-refractivity contribution < 1.29 is 0 Å². The molecule has 1 nitrogen and oxygen atoms in total. The highest BCUT2D eigenvalue weighted by Gasteiger charge is 2.21. The minimum absolute atomic E-state index is 0.0751. The van der Waals surface area contributed by atoms with E-state index in [9.17, 15) is 0 Å². The summed E-state index contributed by atoms with van der Waals surface area (Å²) in [7, 11) is 0. The average Bonchev–Trinajstić information content (AvgIpc) is 2.48. The Bertz CT molecular complexity index is 593. The molecule has 0 amide bonds. The van der Waals surface area contributed by atoms with Crippen LogP contribution >= 0.6 is 23.2 Å². The minimum Gasteiger partial charge on any atom is -0.309 e. The van der Waals surface area contributed by atoms with Crippen molar-refractivity contribution >= 4 is 23.2 Å². The second-order valence-electron chi connectivity index (χ2n) is 6.03. The first-order valence-corrected chi connectivity index (χ1v) is 7.89. The molecule has 2 rings (SSSR count). The molecule has 0 aliphatic rings. The van der Waals surface area contributed by atoms with Crippen LogP contribution in [0.2, 0.25) is 10.0 Å². The number of benzene rings is 2. The van der Waals surface area contributed by atoms with Gasteiger partial charge in [-0.3, -0.25) is 0 Å². The van der Waals surface area contributed by atoms with Crippen molar-refractivity contribution in [1.82, 2.24) is 5.32 Å². The molecule has 0 bridgehead atoms. The highest BCUT2D eigenvalue weighted by Crippen LogP contribution is 2.27. The van der Waals surface area contributed by atoms with Crippen LogP contribution < -0.4 is 5.32 Å². The highest BCUT2D eigenvalue weighted by atomic mass is 35.5. The fourth-order valence-corrected chi connectivity index (χ4v) is 2.61.